The van der Waals surface area contributed by atoms with E-state index in [-0.39, 0.29) is 11.7 Å². The number of nitrogens with one attached hydrogen (secondary N) is 2. The number of hydrogen-bond donors (Lipinski definition) is 2. The highest BCUT2D eigenvalue weighted by Crippen LogP contribution is 2.18. The number of nitrogens with zero attached hydrogens (tertiary/aromatic N) is 2. The number of fused-ring (bicyclic) bond motifs is 1. The lowest BCUT2D eigenvalue weighted by atomic mass is 10.2. The summed E-state index contributed by atoms with van der Waals surface area (Å²) in [6.07, 6.45) is 0. The number of carbonyl (C=O) groups excluding carboxylic acids is 1. The van der Waals surface area contributed by atoms with Gasteiger partial charge in [0.2, 0.25) is 0 Å². The van der Waals surface area contributed by atoms with Crippen molar-refractivity contribution in [2.75, 3.05) is 24.3 Å². The lowest BCUT2D eigenvalue weighted by Crippen LogP contribution is -2.15. The number of anilines is 2. The number of benzene rings is 1. The second-order valence-corrected chi connectivity index (χ2v) is 5.14. The molecular formula is C16H15FN4O. The molecule has 0 aliphatic heterocycles. The van der Waals surface area contributed by atoms with Gasteiger partial charge in [0.1, 0.15) is 23.1 Å². The molecule has 0 aliphatic rings. The van der Waals surface area contributed by atoms with Crippen LogP contribution in [0, 0.1) is 5.82 Å². The molecule has 6 heteroatoms. The summed E-state index contributed by atoms with van der Waals surface area (Å²) in [5, 5.41) is 3.38. The molecule has 3 aromatic rings. The van der Waals surface area contributed by atoms with Gasteiger partial charge in [-0.2, -0.15) is 0 Å². The van der Waals surface area contributed by atoms with Gasteiger partial charge in [-0.25, -0.2) is 9.37 Å². The van der Waals surface area contributed by atoms with Crippen molar-refractivity contribution in [1.82, 2.24) is 9.97 Å². The Morgan fingerprint density at radius 1 is 1.23 bits per heavy atom. The molecule has 1 amide bonds. The average Bonchev–Trinajstić information content (AvgIpc) is 2.90. The molecular weight excluding hydrogens is 283 g/mol. The van der Waals surface area contributed by atoms with Crippen molar-refractivity contribution in [1.29, 1.82) is 0 Å². The maximum Gasteiger partial charge on any atom is 0.273 e. The summed E-state index contributed by atoms with van der Waals surface area (Å²) in [5.74, 6) is 0.552. The van der Waals surface area contributed by atoms with E-state index in [0.717, 1.165) is 5.82 Å². The van der Waals surface area contributed by atoms with Crippen LogP contribution in [0.4, 0.5) is 16.0 Å². The van der Waals surface area contributed by atoms with Crippen LogP contribution < -0.4 is 10.2 Å². The van der Waals surface area contributed by atoms with E-state index < -0.39 is 0 Å². The van der Waals surface area contributed by atoms with Gasteiger partial charge in [-0.05, 0) is 36.4 Å². The van der Waals surface area contributed by atoms with Crippen LogP contribution in [0.5, 0.6) is 0 Å². The van der Waals surface area contributed by atoms with Crippen molar-refractivity contribution < 1.29 is 9.18 Å². The van der Waals surface area contributed by atoms with Crippen LogP contribution in [0.1, 0.15) is 10.5 Å². The highest BCUT2D eigenvalue weighted by Gasteiger charge is 2.11. The second kappa shape index (κ2) is 5.48. The number of halogens is 1. The molecule has 0 fully saturated rings. The lowest BCUT2D eigenvalue weighted by Gasteiger charge is -2.12. The number of carbonyl (C=O) groups is 1. The first-order valence-corrected chi connectivity index (χ1v) is 6.77. The maximum atomic E-state index is 13.2. The summed E-state index contributed by atoms with van der Waals surface area (Å²) in [6.45, 7) is 0. The van der Waals surface area contributed by atoms with Crippen molar-refractivity contribution in [2.45, 2.75) is 0 Å². The van der Waals surface area contributed by atoms with Crippen molar-refractivity contribution in [2.24, 2.45) is 0 Å². The van der Waals surface area contributed by atoms with E-state index in [1.54, 1.807) is 18.2 Å². The van der Waals surface area contributed by atoms with E-state index in [0.29, 0.717) is 22.4 Å². The number of aromatic nitrogens is 2. The average molecular weight is 298 g/mol. The first-order chi connectivity index (χ1) is 10.5. The molecule has 2 N–H and O–H groups in total. The van der Waals surface area contributed by atoms with Crippen LogP contribution in [0.25, 0.3) is 10.9 Å². The molecule has 112 valence electrons. The molecule has 0 saturated carbocycles. The van der Waals surface area contributed by atoms with E-state index in [9.17, 15) is 9.18 Å². The SMILES string of the molecule is CN(C)c1cccc(NC(=O)c2cc3cc(F)ccc3[nH]2)n1. The highest BCUT2D eigenvalue weighted by molar-refractivity contribution is 6.05. The van der Waals surface area contributed by atoms with Gasteiger partial charge in [-0.3, -0.25) is 4.79 Å². The molecule has 0 saturated heterocycles. The Labute approximate surface area is 126 Å². The Morgan fingerprint density at radius 3 is 2.82 bits per heavy atom. The normalized spacial score (nSPS) is 10.7. The second-order valence-electron chi connectivity index (χ2n) is 5.14. The zero-order valence-electron chi connectivity index (χ0n) is 12.2. The Kier molecular flexibility index (Phi) is 3.50. The van der Waals surface area contributed by atoms with Crippen molar-refractivity contribution >= 4 is 28.4 Å². The molecule has 1 aromatic carbocycles. The van der Waals surface area contributed by atoms with Crippen molar-refractivity contribution in [3.63, 3.8) is 0 Å². The summed E-state index contributed by atoms with van der Waals surface area (Å²) < 4.78 is 13.2. The van der Waals surface area contributed by atoms with E-state index >= 15 is 0 Å². The fourth-order valence-corrected chi connectivity index (χ4v) is 2.15. The molecule has 3 rings (SSSR count). The van der Waals surface area contributed by atoms with E-state index in [1.807, 2.05) is 31.1 Å². The Balaban J connectivity index is 1.85. The van der Waals surface area contributed by atoms with Crippen molar-refractivity contribution in [3.05, 3.63) is 54.0 Å². The molecule has 0 spiro atoms. The van der Waals surface area contributed by atoms with Gasteiger partial charge in [0.05, 0.1) is 0 Å². The standard InChI is InChI=1S/C16H15FN4O/c1-21(2)15-5-3-4-14(19-15)20-16(22)13-9-10-8-11(17)6-7-12(10)18-13/h3-9,18H,1-2H3,(H,19,20,22). The van der Waals surface area contributed by atoms with Gasteiger partial charge in [0, 0.05) is 25.0 Å². The first kappa shape index (κ1) is 14.1. The lowest BCUT2D eigenvalue weighted by molar-refractivity contribution is 0.102. The largest absolute Gasteiger partial charge is 0.363 e. The zero-order valence-corrected chi connectivity index (χ0v) is 12.2. The number of pyridine rings is 1. The third-order valence-corrected chi connectivity index (χ3v) is 3.26. The van der Waals surface area contributed by atoms with Gasteiger partial charge < -0.3 is 15.2 Å². The topological polar surface area (TPSA) is 61.0 Å². The van der Waals surface area contributed by atoms with Gasteiger partial charge in [-0.1, -0.05) is 6.07 Å². The van der Waals surface area contributed by atoms with E-state index in [4.69, 9.17) is 0 Å². The van der Waals surface area contributed by atoms with Crippen molar-refractivity contribution in [3.8, 4) is 0 Å². The third kappa shape index (κ3) is 2.76. The summed E-state index contributed by atoms with van der Waals surface area (Å²) in [5.41, 5.74) is 1.07. The third-order valence-electron chi connectivity index (χ3n) is 3.26. The number of aromatic amines is 1. The summed E-state index contributed by atoms with van der Waals surface area (Å²) in [4.78, 5) is 21.4. The molecule has 0 radical (unpaired) electrons. The number of H-pyrrole nitrogens is 1. The number of rotatable bonds is 3. The van der Waals surface area contributed by atoms with Crippen LogP contribution in [-0.2, 0) is 0 Å². The monoisotopic (exact) mass is 298 g/mol. The summed E-state index contributed by atoms with van der Waals surface area (Å²) in [6, 6.07) is 11.3. The molecule has 22 heavy (non-hydrogen) atoms. The minimum absolute atomic E-state index is 0.319. The highest BCUT2D eigenvalue weighted by atomic mass is 19.1. The Bertz CT molecular complexity index is 841. The van der Waals surface area contributed by atoms with Crippen LogP contribution in [0.15, 0.2) is 42.5 Å². The van der Waals surface area contributed by atoms with Gasteiger partial charge in [0.15, 0.2) is 0 Å². The minimum Gasteiger partial charge on any atom is -0.363 e. The predicted molar refractivity (Wildman–Crippen MR) is 84.8 cm³/mol. The van der Waals surface area contributed by atoms with E-state index in [1.165, 1.54) is 12.1 Å². The van der Waals surface area contributed by atoms with Gasteiger partial charge in [0.25, 0.3) is 5.91 Å². The summed E-state index contributed by atoms with van der Waals surface area (Å²) in [7, 11) is 3.75. The Hall–Kier alpha value is -2.89. The first-order valence-electron chi connectivity index (χ1n) is 6.77. The molecule has 0 bridgehead atoms. The fraction of sp³-hybridized carbons (Fsp3) is 0.125. The number of hydrogen-bond acceptors (Lipinski definition) is 3. The molecule has 0 atom stereocenters. The molecule has 0 unspecified atom stereocenters. The molecule has 2 heterocycles. The van der Waals surface area contributed by atoms with E-state index in [2.05, 4.69) is 15.3 Å². The predicted octanol–water partition coefficient (Wildman–Crippen LogP) is 3.02. The molecule has 2 aromatic heterocycles. The number of amides is 1. The zero-order chi connectivity index (χ0) is 15.7. The smallest absolute Gasteiger partial charge is 0.273 e. The quantitative estimate of drug-likeness (QED) is 0.781. The van der Waals surface area contributed by atoms with Crippen LogP contribution >= 0.6 is 0 Å². The maximum absolute atomic E-state index is 13.2. The summed E-state index contributed by atoms with van der Waals surface area (Å²) >= 11 is 0. The fourth-order valence-electron chi connectivity index (χ4n) is 2.15. The Morgan fingerprint density at radius 2 is 2.05 bits per heavy atom. The van der Waals surface area contributed by atoms with Crippen LogP contribution in [-0.4, -0.2) is 30.0 Å². The molecule has 0 aliphatic carbocycles. The minimum atomic E-state index is -0.334. The van der Waals surface area contributed by atoms with Gasteiger partial charge >= 0.3 is 0 Å². The van der Waals surface area contributed by atoms with Gasteiger partial charge in [-0.15, -0.1) is 0 Å². The van der Waals surface area contributed by atoms with Crippen LogP contribution in [0.3, 0.4) is 0 Å². The van der Waals surface area contributed by atoms with Crippen LogP contribution in [0.2, 0.25) is 0 Å². The molecule has 5 nitrogen and oxygen atoms in total.